The first-order valence-electron chi connectivity index (χ1n) is 5.03. The fourth-order valence-electron chi connectivity index (χ4n) is 1.26. The molecule has 1 aromatic rings. The Morgan fingerprint density at radius 2 is 2.31 bits per heavy atom. The third-order valence-electron chi connectivity index (χ3n) is 1.94. The van der Waals surface area contributed by atoms with Crippen LogP contribution < -0.4 is 5.32 Å². The van der Waals surface area contributed by atoms with Crippen LogP contribution in [0.4, 0.5) is 0 Å². The van der Waals surface area contributed by atoms with Crippen LogP contribution in [0.1, 0.15) is 25.5 Å². The molecule has 0 aliphatic carbocycles. The molecule has 3 nitrogen and oxygen atoms in total. The molecular weight excluding hydrogens is 162 g/mol. The van der Waals surface area contributed by atoms with Gasteiger partial charge in [-0.3, -0.25) is 4.68 Å². The quantitative estimate of drug-likeness (QED) is 0.675. The minimum absolute atomic E-state index is 1.02. The number of nitrogens with zero attached hydrogens (tertiary/aromatic N) is 2. The molecule has 0 bridgehead atoms. The van der Waals surface area contributed by atoms with Crippen molar-refractivity contribution in [2.75, 3.05) is 13.1 Å². The van der Waals surface area contributed by atoms with Crippen molar-refractivity contribution < 1.29 is 0 Å². The molecule has 0 atom stereocenters. The molecule has 0 amide bonds. The number of hydrogen-bond acceptors (Lipinski definition) is 2. The summed E-state index contributed by atoms with van der Waals surface area (Å²) < 4.78 is 2.00. The van der Waals surface area contributed by atoms with Crippen LogP contribution in [-0.4, -0.2) is 22.9 Å². The van der Waals surface area contributed by atoms with Gasteiger partial charge in [-0.2, -0.15) is 5.10 Å². The normalized spacial score (nSPS) is 10.6. The van der Waals surface area contributed by atoms with Crippen molar-refractivity contribution in [1.82, 2.24) is 15.1 Å². The Kier molecular flexibility index (Phi) is 4.54. The topological polar surface area (TPSA) is 29.9 Å². The van der Waals surface area contributed by atoms with Gasteiger partial charge in [-0.15, -0.1) is 0 Å². The van der Waals surface area contributed by atoms with Crippen LogP contribution in [0.25, 0.3) is 0 Å². The molecule has 0 aromatic carbocycles. The highest BCUT2D eigenvalue weighted by atomic mass is 15.3. The van der Waals surface area contributed by atoms with Gasteiger partial charge < -0.3 is 5.32 Å². The molecule has 1 N–H and O–H groups in total. The molecule has 0 unspecified atom stereocenters. The molecule has 0 fully saturated rings. The number of aromatic nitrogens is 2. The van der Waals surface area contributed by atoms with Gasteiger partial charge in [0.2, 0.25) is 0 Å². The summed E-state index contributed by atoms with van der Waals surface area (Å²) in [5, 5.41) is 7.69. The molecule has 0 saturated heterocycles. The summed E-state index contributed by atoms with van der Waals surface area (Å²) in [5.74, 6) is 0. The zero-order valence-corrected chi connectivity index (χ0v) is 8.58. The summed E-state index contributed by atoms with van der Waals surface area (Å²) in [6, 6.07) is 2.04. The van der Waals surface area contributed by atoms with Crippen LogP contribution in [0.3, 0.4) is 0 Å². The second kappa shape index (κ2) is 5.75. The molecule has 0 saturated carbocycles. The summed E-state index contributed by atoms with van der Waals surface area (Å²) in [5.41, 5.74) is 1.10. The SMILES string of the molecule is CCCNCCCn1ccc(C)n1. The smallest absolute Gasteiger partial charge is 0.0593 e. The standard InChI is InChI=1S/C10H19N3/c1-3-6-11-7-4-8-13-9-5-10(2)12-13/h5,9,11H,3-4,6-8H2,1-2H3. The van der Waals surface area contributed by atoms with Crippen molar-refractivity contribution in [3.8, 4) is 0 Å². The lowest BCUT2D eigenvalue weighted by Crippen LogP contribution is -2.17. The third-order valence-corrected chi connectivity index (χ3v) is 1.94. The Labute approximate surface area is 80.1 Å². The molecular formula is C10H19N3. The van der Waals surface area contributed by atoms with Crippen LogP contribution in [0.5, 0.6) is 0 Å². The predicted octanol–water partition coefficient (Wildman–Crippen LogP) is 1.58. The maximum absolute atomic E-state index is 4.32. The van der Waals surface area contributed by atoms with Crippen molar-refractivity contribution in [1.29, 1.82) is 0 Å². The zero-order chi connectivity index (χ0) is 9.52. The largest absolute Gasteiger partial charge is 0.317 e. The Morgan fingerprint density at radius 3 is 2.92 bits per heavy atom. The molecule has 3 heteroatoms. The van der Waals surface area contributed by atoms with E-state index < -0.39 is 0 Å². The lowest BCUT2D eigenvalue weighted by molar-refractivity contribution is 0.540. The Hall–Kier alpha value is -0.830. The van der Waals surface area contributed by atoms with Gasteiger partial charge in [0.25, 0.3) is 0 Å². The van der Waals surface area contributed by atoms with Crippen molar-refractivity contribution in [3.05, 3.63) is 18.0 Å². The van der Waals surface area contributed by atoms with E-state index in [1.165, 1.54) is 6.42 Å². The van der Waals surface area contributed by atoms with Crippen molar-refractivity contribution in [2.24, 2.45) is 0 Å². The van der Waals surface area contributed by atoms with Crippen LogP contribution in [-0.2, 0) is 6.54 Å². The first-order chi connectivity index (χ1) is 6.33. The fraction of sp³-hybridized carbons (Fsp3) is 0.700. The first-order valence-corrected chi connectivity index (χ1v) is 5.03. The molecule has 0 radical (unpaired) electrons. The van der Waals surface area contributed by atoms with Gasteiger partial charge in [-0.1, -0.05) is 6.92 Å². The van der Waals surface area contributed by atoms with Crippen molar-refractivity contribution >= 4 is 0 Å². The highest BCUT2D eigenvalue weighted by Gasteiger charge is 1.92. The molecule has 74 valence electrons. The number of hydrogen-bond donors (Lipinski definition) is 1. The third kappa shape index (κ3) is 4.08. The van der Waals surface area contributed by atoms with Gasteiger partial charge >= 0.3 is 0 Å². The van der Waals surface area contributed by atoms with Gasteiger partial charge in [-0.05, 0) is 38.9 Å². The van der Waals surface area contributed by atoms with E-state index in [-0.39, 0.29) is 0 Å². The lowest BCUT2D eigenvalue weighted by Gasteiger charge is -2.02. The second-order valence-corrected chi connectivity index (χ2v) is 3.32. The minimum atomic E-state index is 1.02. The van der Waals surface area contributed by atoms with Gasteiger partial charge in [0.05, 0.1) is 5.69 Å². The van der Waals surface area contributed by atoms with E-state index in [1.54, 1.807) is 0 Å². The summed E-state index contributed by atoms with van der Waals surface area (Å²) >= 11 is 0. The predicted molar refractivity (Wildman–Crippen MR) is 54.7 cm³/mol. The second-order valence-electron chi connectivity index (χ2n) is 3.32. The van der Waals surface area contributed by atoms with Crippen LogP contribution in [0, 0.1) is 6.92 Å². The highest BCUT2D eigenvalue weighted by molar-refractivity contribution is 4.94. The molecule has 0 spiro atoms. The van der Waals surface area contributed by atoms with E-state index in [1.807, 2.05) is 23.9 Å². The molecule has 1 heterocycles. The molecule has 0 aliphatic heterocycles. The van der Waals surface area contributed by atoms with Gasteiger partial charge in [0.1, 0.15) is 0 Å². The van der Waals surface area contributed by atoms with Crippen LogP contribution in [0.2, 0.25) is 0 Å². The molecule has 1 rings (SSSR count). The van der Waals surface area contributed by atoms with Gasteiger partial charge in [0.15, 0.2) is 0 Å². The number of rotatable bonds is 6. The van der Waals surface area contributed by atoms with E-state index in [2.05, 4.69) is 17.3 Å². The van der Waals surface area contributed by atoms with E-state index >= 15 is 0 Å². The maximum atomic E-state index is 4.32. The summed E-state index contributed by atoms with van der Waals surface area (Å²) in [4.78, 5) is 0. The van der Waals surface area contributed by atoms with Crippen LogP contribution in [0.15, 0.2) is 12.3 Å². The van der Waals surface area contributed by atoms with Gasteiger partial charge in [-0.25, -0.2) is 0 Å². The highest BCUT2D eigenvalue weighted by Crippen LogP contribution is 1.93. The van der Waals surface area contributed by atoms with Crippen molar-refractivity contribution in [3.63, 3.8) is 0 Å². The number of aryl methyl sites for hydroxylation is 2. The summed E-state index contributed by atoms with van der Waals surface area (Å²) in [7, 11) is 0. The first kappa shape index (κ1) is 10.3. The van der Waals surface area contributed by atoms with E-state index in [9.17, 15) is 0 Å². The average molecular weight is 181 g/mol. The van der Waals surface area contributed by atoms with Crippen molar-refractivity contribution in [2.45, 2.75) is 33.2 Å². The van der Waals surface area contributed by atoms with Gasteiger partial charge in [0, 0.05) is 12.7 Å². The fourth-order valence-corrected chi connectivity index (χ4v) is 1.26. The van der Waals surface area contributed by atoms with E-state index in [4.69, 9.17) is 0 Å². The lowest BCUT2D eigenvalue weighted by atomic mass is 10.4. The van der Waals surface area contributed by atoms with E-state index in [0.717, 1.165) is 31.7 Å². The van der Waals surface area contributed by atoms with E-state index in [0.29, 0.717) is 0 Å². The number of nitrogens with one attached hydrogen (secondary N) is 1. The Balaban J connectivity index is 2.06. The Morgan fingerprint density at radius 1 is 1.46 bits per heavy atom. The molecule has 1 aromatic heterocycles. The van der Waals surface area contributed by atoms with Crippen LogP contribution >= 0.6 is 0 Å². The monoisotopic (exact) mass is 181 g/mol. The molecule has 13 heavy (non-hydrogen) atoms. The minimum Gasteiger partial charge on any atom is -0.317 e. The summed E-state index contributed by atoms with van der Waals surface area (Å²) in [6.45, 7) is 7.44. The average Bonchev–Trinajstić information content (AvgIpc) is 2.51. The Bertz CT molecular complexity index is 230. The summed E-state index contributed by atoms with van der Waals surface area (Å²) in [6.07, 6.45) is 4.40. The zero-order valence-electron chi connectivity index (χ0n) is 8.58. The molecule has 0 aliphatic rings. The maximum Gasteiger partial charge on any atom is 0.0593 e.